The molecule has 1 aliphatic heterocycles. The summed E-state index contributed by atoms with van der Waals surface area (Å²) < 4.78 is 16.7. The minimum atomic E-state index is 0.162. The van der Waals surface area contributed by atoms with E-state index < -0.39 is 0 Å². The smallest absolute Gasteiger partial charge is 0.119 e. The van der Waals surface area contributed by atoms with E-state index in [0.29, 0.717) is 25.7 Å². The fourth-order valence-corrected chi connectivity index (χ4v) is 2.20. The molecule has 1 aromatic rings. The van der Waals surface area contributed by atoms with Crippen molar-refractivity contribution in [3.05, 3.63) is 29.8 Å². The maximum absolute atomic E-state index is 5.70. The van der Waals surface area contributed by atoms with Gasteiger partial charge in [0, 0.05) is 12.6 Å². The molecule has 118 valence electrons. The van der Waals surface area contributed by atoms with Crippen LogP contribution in [0, 0.1) is 5.92 Å². The molecule has 2 atom stereocenters. The first kappa shape index (κ1) is 16.3. The SMILES string of the molecule is CC(C)COc1ccc(C(C)NCC2COCCO2)cc1. The van der Waals surface area contributed by atoms with E-state index in [9.17, 15) is 0 Å². The van der Waals surface area contributed by atoms with Crippen molar-refractivity contribution in [1.82, 2.24) is 5.32 Å². The van der Waals surface area contributed by atoms with Crippen molar-refractivity contribution in [2.24, 2.45) is 5.92 Å². The van der Waals surface area contributed by atoms with Gasteiger partial charge in [0.1, 0.15) is 5.75 Å². The quantitative estimate of drug-likeness (QED) is 0.839. The van der Waals surface area contributed by atoms with Crippen LogP contribution in [0.15, 0.2) is 24.3 Å². The topological polar surface area (TPSA) is 39.7 Å². The largest absolute Gasteiger partial charge is 0.493 e. The lowest BCUT2D eigenvalue weighted by Crippen LogP contribution is -2.38. The third-order valence-electron chi connectivity index (χ3n) is 3.50. The van der Waals surface area contributed by atoms with Gasteiger partial charge in [-0.15, -0.1) is 0 Å². The summed E-state index contributed by atoms with van der Waals surface area (Å²) >= 11 is 0. The predicted molar refractivity (Wildman–Crippen MR) is 83.8 cm³/mol. The minimum Gasteiger partial charge on any atom is -0.493 e. The average Bonchev–Trinajstić information content (AvgIpc) is 2.52. The van der Waals surface area contributed by atoms with Crippen LogP contribution in [0.2, 0.25) is 0 Å². The van der Waals surface area contributed by atoms with Crippen LogP contribution < -0.4 is 10.1 Å². The normalized spacial score (nSPS) is 20.5. The fraction of sp³-hybridized carbons (Fsp3) is 0.647. The molecule has 2 unspecified atom stereocenters. The van der Waals surface area contributed by atoms with Crippen molar-refractivity contribution >= 4 is 0 Å². The van der Waals surface area contributed by atoms with E-state index in [0.717, 1.165) is 18.9 Å². The van der Waals surface area contributed by atoms with Crippen LogP contribution in [0.4, 0.5) is 0 Å². The zero-order chi connectivity index (χ0) is 15.1. The van der Waals surface area contributed by atoms with Gasteiger partial charge in [0.2, 0.25) is 0 Å². The molecule has 1 saturated heterocycles. The van der Waals surface area contributed by atoms with Crippen LogP contribution in [-0.2, 0) is 9.47 Å². The summed E-state index contributed by atoms with van der Waals surface area (Å²) in [6.45, 7) is 10.1. The zero-order valence-corrected chi connectivity index (χ0v) is 13.3. The monoisotopic (exact) mass is 293 g/mol. The summed E-state index contributed by atoms with van der Waals surface area (Å²) in [4.78, 5) is 0. The third-order valence-corrected chi connectivity index (χ3v) is 3.50. The molecule has 2 rings (SSSR count). The Morgan fingerprint density at radius 2 is 1.95 bits per heavy atom. The molecule has 0 aromatic heterocycles. The van der Waals surface area contributed by atoms with Crippen LogP contribution >= 0.6 is 0 Å². The highest BCUT2D eigenvalue weighted by molar-refractivity contribution is 5.28. The predicted octanol–water partition coefficient (Wildman–Crippen LogP) is 2.79. The van der Waals surface area contributed by atoms with Crippen LogP contribution in [0.1, 0.15) is 32.4 Å². The average molecular weight is 293 g/mol. The molecule has 1 N–H and O–H groups in total. The number of hydrogen-bond donors (Lipinski definition) is 1. The lowest BCUT2D eigenvalue weighted by atomic mass is 10.1. The van der Waals surface area contributed by atoms with E-state index in [1.54, 1.807) is 0 Å². The Balaban J connectivity index is 1.77. The zero-order valence-electron chi connectivity index (χ0n) is 13.3. The maximum atomic E-state index is 5.70. The summed E-state index contributed by atoms with van der Waals surface area (Å²) in [5, 5.41) is 3.49. The summed E-state index contributed by atoms with van der Waals surface area (Å²) in [7, 11) is 0. The number of ether oxygens (including phenoxy) is 3. The van der Waals surface area contributed by atoms with Gasteiger partial charge in [0.25, 0.3) is 0 Å². The Morgan fingerprint density at radius 3 is 2.57 bits per heavy atom. The Kier molecular flexibility index (Phi) is 6.49. The first-order chi connectivity index (χ1) is 10.1. The molecule has 0 spiro atoms. The first-order valence-corrected chi connectivity index (χ1v) is 7.80. The molecular weight excluding hydrogens is 266 g/mol. The van der Waals surface area contributed by atoms with Crippen molar-refractivity contribution in [3.8, 4) is 5.75 Å². The molecule has 0 saturated carbocycles. The summed E-state index contributed by atoms with van der Waals surface area (Å²) in [5.41, 5.74) is 1.25. The highest BCUT2D eigenvalue weighted by Crippen LogP contribution is 2.18. The Bertz CT molecular complexity index is 399. The van der Waals surface area contributed by atoms with Gasteiger partial charge < -0.3 is 19.5 Å². The molecule has 1 aromatic carbocycles. The van der Waals surface area contributed by atoms with Crippen molar-refractivity contribution < 1.29 is 14.2 Å². The molecule has 4 nitrogen and oxygen atoms in total. The number of rotatable bonds is 7. The summed E-state index contributed by atoms with van der Waals surface area (Å²) in [6.07, 6.45) is 0.162. The highest BCUT2D eigenvalue weighted by atomic mass is 16.6. The van der Waals surface area contributed by atoms with Crippen molar-refractivity contribution in [2.75, 3.05) is 33.0 Å². The van der Waals surface area contributed by atoms with Gasteiger partial charge in [0.05, 0.1) is 32.5 Å². The maximum Gasteiger partial charge on any atom is 0.119 e. The second-order valence-corrected chi connectivity index (χ2v) is 5.97. The van der Waals surface area contributed by atoms with Crippen molar-refractivity contribution in [2.45, 2.75) is 32.9 Å². The number of hydrogen-bond acceptors (Lipinski definition) is 4. The lowest BCUT2D eigenvalue weighted by Gasteiger charge is -2.25. The Hall–Kier alpha value is -1.10. The molecule has 21 heavy (non-hydrogen) atoms. The summed E-state index contributed by atoms with van der Waals surface area (Å²) in [5.74, 6) is 1.48. The van der Waals surface area contributed by atoms with Gasteiger partial charge in [-0.2, -0.15) is 0 Å². The molecule has 1 heterocycles. The molecule has 1 fully saturated rings. The fourth-order valence-electron chi connectivity index (χ4n) is 2.20. The van der Waals surface area contributed by atoms with Crippen molar-refractivity contribution in [3.63, 3.8) is 0 Å². The number of nitrogens with one attached hydrogen (secondary N) is 1. The first-order valence-electron chi connectivity index (χ1n) is 7.80. The van der Waals surface area contributed by atoms with E-state index in [1.807, 2.05) is 12.1 Å². The second kappa shape index (κ2) is 8.37. The molecule has 0 bridgehead atoms. The van der Waals surface area contributed by atoms with E-state index >= 15 is 0 Å². The van der Waals surface area contributed by atoms with Crippen LogP contribution in [0.3, 0.4) is 0 Å². The Morgan fingerprint density at radius 1 is 1.19 bits per heavy atom. The Labute approximate surface area is 127 Å². The van der Waals surface area contributed by atoms with Crippen molar-refractivity contribution in [1.29, 1.82) is 0 Å². The highest BCUT2D eigenvalue weighted by Gasteiger charge is 2.15. The van der Waals surface area contributed by atoms with Gasteiger partial charge in [0.15, 0.2) is 0 Å². The van der Waals surface area contributed by atoms with Crippen LogP contribution in [-0.4, -0.2) is 39.1 Å². The van der Waals surface area contributed by atoms with Gasteiger partial charge >= 0.3 is 0 Å². The molecule has 1 aliphatic rings. The van der Waals surface area contributed by atoms with Gasteiger partial charge in [-0.3, -0.25) is 0 Å². The van der Waals surface area contributed by atoms with E-state index in [2.05, 4.69) is 38.2 Å². The molecule has 0 radical (unpaired) electrons. The van der Waals surface area contributed by atoms with E-state index in [4.69, 9.17) is 14.2 Å². The number of benzene rings is 1. The van der Waals surface area contributed by atoms with Crippen LogP contribution in [0.5, 0.6) is 5.75 Å². The van der Waals surface area contributed by atoms with E-state index in [1.165, 1.54) is 5.56 Å². The van der Waals surface area contributed by atoms with Gasteiger partial charge in [-0.05, 0) is 30.5 Å². The van der Waals surface area contributed by atoms with Crippen LogP contribution in [0.25, 0.3) is 0 Å². The van der Waals surface area contributed by atoms with Gasteiger partial charge in [-0.25, -0.2) is 0 Å². The molecule has 0 aliphatic carbocycles. The van der Waals surface area contributed by atoms with Gasteiger partial charge in [-0.1, -0.05) is 26.0 Å². The third kappa shape index (κ3) is 5.65. The minimum absolute atomic E-state index is 0.162. The molecule has 0 amide bonds. The molecule has 4 heteroatoms. The second-order valence-electron chi connectivity index (χ2n) is 5.97. The van der Waals surface area contributed by atoms with E-state index in [-0.39, 0.29) is 12.1 Å². The summed E-state index contributed by atoms with van der Waals surface area (Å²) in [6, 6.07) is 8.60. The molecular formula is C17H27NO3. The lowest BCUT2D eigenvalue weighted by molar-refractivity contribution is -0.0869. The standard InChI is InChI=1S/C17H27NO3/c1-13(2)11-21-16-6-4-15(5-7-16)14(3)18-10-17-12-19-8-9-20-17/h4-7,13-14,17-18H,8-12H2,1-3H3.